The Morgan fingerprint density at radius 2 is 1.52 bits per heavy atom. The topological polar surface area (TPSA) is 68.9 Å². The van der Waals surface area contributed by atoms with Crippen molar-refractivity contribution in [2.75, 3.05) is 0 Å². The molecule has 2 aromatic rings. The second-order valence-electron chi connectivity index (χ2n) is 4.39. The number of primary amides is 1. The van der Waals surface area contributed by atoms with Gasteiger partial charge in [0.05, 0.1) is 11.1 Å². The smallest absolute Gasteiger partial charge is 0.365 e. The van der Waals surface area contributed by atoms with E-state index >= 15 is 0 Å². The molecular weight excluding hydrogens is 328 g/mol. The number of nitrogens with two attached hydrogens (primary N) is 1. The number of aromatic nitrogens is 2. The molecule has 0 aliphatic carbocycles. The highest BCUT2D eigenvalue weighted by atomic mass is 19.4. The van der Waals surface area contributed by atoms with Gasteiger partial charge in [-0.05, 0) is 12.1 Å². The van der Waals surface area contributed by atoms with Gasteiger partial charge in [-0.3, -0.25) is 4.79 Å². The first kappa shape index (κ1) is 16.7. The number of carbonyl (C=O) groups is 1. The van der Waals surface area contributed by atoms with Crippen molar-refractivity contribution >= 4 is 5.91 Å². The van der Waals surface area contributed by atoms with E-state index in [1.807, 2.05) is 0 Å². The first-order valence-electron chi connectivity index (χ1n) is 5.92. The molecule has 1 aromatic carbocycles. The van der Waals surface area contributed by atoms with E-state index in [0.717, 1.165) is 12.1 Å². The van der Waals surface area contributed by atoms with Crippen LogP contribution in [0, 0.1) is 0 Å². The molecule has 0 radical (unpaired) electrons. The number of alkyl halides is 6. The van der Waals surface area contributed by atoms with E-state index in [2.05, 4.69) is 9.97 Å². The summed E-state index contributed by atoms with van der Waals surface area (Å²) < 4.78 is 76.0. The molecule has 0 aliphatic heterocycles. The zero-order valence-corrected chi connectivity index (χ0v) is 11.0. The minimum Gasteiger partial charge on any atom is -0.365 e. The van der Waals surface area contributed by atoms with Gasteiger partial charge in [-0.1, -0.05) is 12.1 Å². The van der Waals surface area contributed by atoms with Crippen molar-refractivity contribution in [2.24, 2.45) is 5.73 Å². The molecule has 2 rings (SSSR count). The Morgan fingerprint density at radius 3 is 1.96 bits per heavy atom. The van der Waals surface area contributed by atoms with Crippen LogP contribution in [-0.2, 0) is 12.4 Å². The Bertz CT molecular complexity index is 737. The molecule has 0 unspecified atom stereocenters. The zero-order chi connectivity index (χ0) is 17.4. The molecule has 0 saturated carbocycles. The lowest BCUT2D eigenvalue weighted by Gasteiger charge is -2.11. The van der Waals surface area contributed by atoms with Crippen LogP contribution in [0.1, 0.15) is 21.6 Å². The molecule has 0 spiro atoms. The SMILES string of the molecule is NC(=O)c1cnc(-c2ccc(C(F)(F)F)cc2)nc1C(F)(F)F. The van der Waals surface area contributed by atoms with Crippen molar-refractivity contribution < 1.29 is 31.1 Å². The van der Waals surface area contributed by atoms with Crippen LogP contribution in [0.25, 0.3) is 11.4 Å². The normalized spacial score (nSPS) is 12.3. The number of nitrogens with zero attached hydrogens (tertiary/aromatic N) is 2. The van der Waals surface area contributed by atoms with E-state index in [4.69, 9.17) is 5.73 Å². The summed E-state index contributed by atoms with van der Waals surface area (Å²) in [6, 6.07) is 3.24. The second-order valence-corrected chi connectivity index (χ2v) is 4.39. The highest BCUT2D eigenvalue weighted by molar-refractivity contribution is 5.93. The van der Waals surface area contributed by atoms with Crippen LogP contribution >= 0.6 is 0 Å². The van der Waals surface area contributed by atoms with Gasteiger partial charge in [0, 0.05) is 11.8 Å². The number of carbonyl (C=O) groups excluding carboxylic acids is 1. The van der Waals surface area contributed by atoms with Crippen LogP contribution in [0.4, 0.5) is 26.3 Å². The van der Waals surface area contributed by atoms with E-state index in [-0.39, 0.29) is 5.56 Å². The van der Waals surface area contributed by atoms with Crippen LogP contribution in [0.5, 0.6) is 0 Å². The van der Waals surface area contributed by atoms with E-state index < -0.39 is 40.9 Å². The maximum atomic E-state index is 12.9. The predicted octanol–water partition coefficient (Wildman–Crippen LogP) is 3.28. The molecule has 0 bridgehead atoms. The molecule has 0 atom stereocenters. The molecule has 23 heavy (non-hydrogen) atoms. The molecule has 2 N–H and O–H groups in total. The molecule has 0 aliphatic rings. The van der Waals surface area contributed by atoms with Gasteiger partial charge < -0.3 is 5.73 Å². The zero-order valence-electron chi connectivity index (χ0n) is 11.0. The third kappa shape index (κ3) is 3.58. The van der Waals surface area contributed by atoms with Crippen LogP contribution in [0.3, 0.4) is 0 Å². The molecule has 0 saturated heterocycles. The van der Waals surface area contributed by atoms with E-state index in [0.29, 0.717) is 18.3 Å². The largest absolute Gasteiger partial charge is 0.434 e. The van der Waals surface area contributed by atoms with Gasteiger partial charge in [0.2, 0.25) is 0 Å². The van der Waals surface area contributed by atoms with E-state index in [1.54, 1.807) is 0 Å². The summed E-state index contributed by atoms with van der Waals surface area (Å²) in [4.78, 5) is 17.7. The average molecular weight is 335 g/mol. The van der Waals surface area contributed by atoms with Gasteiger partial charge in [0.15, 0.2) is 11.5 Å². The fourth-order valence-electron chi connectivity index (χ4n) is 1.73. The van der Waals surface area contributed by atoms with Gasteiger partial charge in [-0.25, -0.2) is 9.97 Å². The minimum atomic E-state index is -4.96. The predicted molar refractivity (Wildman–Crippen MR) is 66.0 cm³/mol. The molecule has 1 amide bonds. The van der Waals surface area contributed by atoms with Crippen molar-refractivity contribution in [2.45, 2.75) is 12.4 Å². The minimum absolute atomic E-state index is 0.0699. The third-order valence-electron chi connectivity index (χ3n) is 2.79. The lowest BCUT2D eigenvalue weighted by molar-refractivity contribution is -0.141. The van der Waals surface area contributed by atoms with Gasteiger partial charge >= 0.3 is 12.4 Å². The van der Waals surface area contributed by atoms with Crippen molar-refractivity contribution in [1.82, 2.24) is 9.97 Å². The molecule has 10 heteroatoms. The Kier molecular flexibility index (Phi) is 4.01. The van der Waals surface area contributed by atoms with Gasteiger partial charge in [0.25, 0.3) is 5.91 Å². The highest BCUT2D eigenvalue weighted by Crippen LogP contribution is 2.33. The van der Waals surface area contributed by atoms with Crippen LogP contribution in [0.2, 0.25) is 0 Å². The van der Waals surface area contributed by atoms with Crippen molar-refractivity contribution in [1.29, 1.82) is 0 Å². The first-order chi connectivity index (χ1) is 10.5. The fraction of sp³-hybridized carbons (Fsp3) is 0.154. The lowest BCUT2D eigenvalue weighted by Crippen LogP contribution is -2.21. The first-order valence-corrected chi connectivity index (χ1v) is 5.92. The van der Waals surface area contributed by atoms with Crippen molar-refractivity contribution in [3.05, 3.63) is 47.3 Å². The highest BCUT2D eigenvalue weighted by Gasteiger charge is 2.37. The monoisotopic (exact) mass is 335 g/mol. The van der Waals surface area contributed by atoms with Gasteiger partial charge in [-0.2, -0.15) is 26.3 Å². The molecule has 1 heterocycles. The second kappa shape index (κ2) is 5.52. The number of rotatable bonds is 2. The quantitative estimate of drug-likeness (QED) is 0.857. The van der Waals surface area contributed by atoms with Crippen LogP contribution in [-0.4, -0.2) is 15.9 Å². The number of amides is 1. The maximum absolute atomic E-state index is 12.9. The number of hydrogen-bond donors (Lipinski definition) is 1. The summed E-state index contributed by atoms with van der Waals surface area (Å²) in [5.41, 5.74) is 1.32. The number of hydrogen-bond acceptors (Lipinski definition) is 3. The Balaban J connectivity index is 2.51. The van der Waals surface area contributed by atoms with E-state index in [1.165, 1.54) is 0 Å². The van der Waals surface area contributed by atoms with Crippen LogP contribution < -0.4 is 5.73 Å². The Labute approximate surface area is 125 Å². The summed E-state index contributed by atoms with van der Waals surface area (Å²) in [5.74, 6) is -1.84. The summed E-state index contributed by atoms with van der Waals surface area (Å²) in [5, 5.41) is 0. The Morgan fingerprint density at radius 1 is 0.957 bits per heavy atom. The summed E-state index contributed by atoms with van der Waals surface area (Å²) in [7, 11) is 0. The standard InChI is InChI=1S/C13H7F6N3O/c14-12(15,16)7-3-1-6(2-4-7)11-21-5-8(10(20)23)9(22-11)13(17,18)19/h1-5H,(H2,20,23). The van der Waals surface area contributed by atoms with Gasteiger partial charge in [0.1, 0.15) is 0 Å². The molecule has 0 fully saturated rings. The third-order valence-corrected chi connectivity index (χ3v) is 2.79. The Hall–Kier alpha value is -2.65. The number of benzene rings is 1. The fourth-order valence-corrected chi connectivity index (χ4v) is 1.73. The molecular formula is C13H7F6N3O. The van der Waals surface area contributed by atoms with Crippen molar-refractivity contribution in [3.63, 3.8) is 0 Å². The summed E-state index contributed by atoms with van der Waals surface area (Å²) in [6.07, 6.45) is -8.95. The maximum Gasteiger partial charge on any atom is 0.434 e. The summed E-state index contributed by atoms with van der Waals surface area (Å²) in [6.45, 7) is 0. The van der Waals surface area contributed by atoms with Crippen molar-refractivity contribution in [3.8, 4) is 11.4 Å². The molecule has 1 aromatic heterocycles. The van der Waals surface area contributed by atoms with E-state index in [9.17, 15) is 31.1 Å². The average Bonchev–Trinajstić information content (AvgIpc) is 2.45. The van der Waals surface area contributed by atoms with Crippen LogP contribution in [0.15, 0.2) is 30.5 Å². The molecule has 122 valence electrons. The summed E-state index contributed by atoms with van der Waals surface area (Å²) >= 11 is 0. The van der Waals surface area contributed by atoms with Gasteiger partial charge in [-0.15, -0.1) is 0 Å². The lowest BCUT2D eigenvalue weighted by atomic mass is 10.1. The molecule has 4 nitrogen and oxygen atoms in total. The number of halogens is 6.